The highest BCUT2D eigenvalue weighted by Crippen LogP contribution is 2.33. The van der Waals surface area contributed by atoms with Crippen LogP contribution < -0.4 is 4.31 Å². The fraction of sp³-hybridized carbons (Fsp3) is 0.154. The molecule has 1 aromatic heterocycles. The minimum Gasteiger partial charge on any atom is -0.262 e. The van der Waals surface area contributed by atoms with E-state index in [1.807, 2.05) is 0 Å². The van der Waals surface area contributed by atoms with Gasteiger partial charge in [0.1, 0.15) is 15.7 Å². The molecular weight excluding hydrogens is 330 g/mol. The molecule has 0 atom stereocenters. The van der Waals surface area contributed by atoms with Gasteiger partial charge in [0.25, 0.3) is 15.7 Å². The van der Waals surface area contributed by atoms with E-state index in [4.69, 9.17) is 11.6 Å². The minimum absolute atomic E-state index is 0.0458. The maximum Gasteiger partial charge on any atom is 0.293 e. The van der Waals surface area contributed by atoms with Gasteiger partial charge in [0.05, 0.1) is 4.92 Å². The molecule has 0 saturated carbocycles. The zero-order valence-corrected chi connectivity index (χ0v) is 13.3. The Balaban J connectivity index is 2.59. The van der Waals surface area contributed by atoms with Crippen LogP contribution in [0.15, 0.2) is 41.4 Å². The Morgan fingerprint density at radius 1 is 1.32 bits per heavy atom. The van der Waals surface area contributed by atoms with Crippen molar-refractivity contribution in [2.45, 2.75) is 11.8 Å². The Bertz CT molecular complexity index is 839. The highest BCUT2D eigenvalue weighted by Gasteiger charge is 2.29. The zero-order valence-electron chi connectivity index (χ0n) is 11.7. The number of aromatic nitrogens is 1. The van der Waals surface area contributed by atoms with Crippen molar-refractivity contribution < 1.29 is 13.3 Å². The Hall–Kier alpha value is -2.19. The molecular formula is C13H12ClN3O4S. The van der Waals surface area contributed by atoms with Crippen LogP contribution in [0, 0.1) is 17.0 Å². The molecule has 0 spiro atoms. The molecule has 116 valence electrons. The Labute approximate surface area is 132 Å². The van der Waals surface area contributed by atoms with Crippen LogP contribution in [0.3, 0.4) is 0 Å². The summed E-state index contributed by atoms with van der Waals surface area (Å²) in [4.78, 5) is 14.0. The lowest BCUT2D eigenvalue weighted by Gasteiger charge is -2.19. The Morgan fingerprint density at radius 3 is 2.59 bits per heavy atom. The first-order chi connectivity index (χ1) is 10.2. The predicted molar refractivity (Wildman–Crippen MR) is 82.7 cm³/mol. The zero-order chi connectivity index (χ0) is 16.5. The molecule has 0 unspecified atom stereocenters. The fourth-order valence-electron chi connectivity index (χ4n) is 1.89. The molecule has 7 nitrogen and oxygen atoms in total. The van der Waals surface area contributed by atoms with Crippen molar-refractivity contribution in [2.75, 3.05) is 11.4 Å². The van der Waals surface area contributed by atoms with Gasteiger partial charge in [-0.3, -0.25) is 14.4 Å². The number of nitro benzene ring substituents is 1. The number of nitrogens with zero attached hydrogens (tertiary/aromatic N) is 3. The smallest absolute Gasteiger partial charge is 0.262 e. The molecule has 0 aliphatic rings. The number of sulfonamides is 1. The number of aryl methyl sites for hydroxylation is 1. The number of anilines is 1. The van der Waals surface area contributed by atoms with Gasteiger partial charge in [0.15, 0.2) is 0 Å². The average Bonchev–Trinajstić information content (AvgIpc) is 2.46. The van der Waals surface area contributed by atoms with Gasteiger partial charge in [0, 0.05) is 19.3 Å². The third-order valence-corrected chi connectivity index (χ3v) is 5.25. The van der Waals surface area contributed by atoms with E-state index in [9.17, 15) is 18.5 Å². The van der Waals surface area contributed by atoms with Crippen LogP contribution in [-0.2, 0) is 10.0 Å². The third-order valence-electron chi connectivity index (χ3n) is 3.03. The van der Waals surface area contributed by atoms with Gasteiger partial charge in [-0.15, -0.1) is 0 Å². The standard InChI is InChI=1S/C13H12ClN3O4S/c1-9-5-6-10(11(8-9)17(18)19)16(2)22(20,21)12-4-3-7-15-13(12)14/h3-8H,1-2H3. The van der Waals surface area contributed by atoms with E-state index < -0.39 is 14.9 Å². The normalized spacial score (nSPS) is 11.2. The van der Waals surface area contributed by atoms with Crippen LogP contribution in [0.4, 0.5) is 11.4 Å². The first-order valence-electron chi connectivity index (χ1n) is 6.09. The van der Waals surface area contributed by atoms with Gasteiger partial charge < -0.3 is 0 Å². The maximum absolute atomic E-state index is 12.6. The van der Waals surface area contributed by atoms with Crippen LogP contribution >= 0.6 is 11.6 Å². The van der Waals surface area contributed by atoms with Gasteiger partial charge in [-0.05, 0) is 30.7 Å². The summed E-state index contributed by atoms with van der Waals surface area (Å²) in [6.07, 6.45) is 1.36. The van der Waals surface area contributed by atoms with Crippen molar-refractivity contribution in [1.29, 1.82) is 0 Å². The maximum atomic E-state index is 12.6. The lowest BCUT2D eigenvalue weighted by molar-refractivity contribution is -0.384. The summed E-state index contributed by atoms with van der Waals surface area (Å²) < 4.78 is 26.0. The highest BCUT2D eigenvalue weighted by molar-refractivity contribution is 7.93. The molecule has 0 aliphatic heterocycles. The largest absolute Gasteiger partial charge is 0.293 e. The topological polar surface area (TPSA) is 93.4 Å². The second kappa shape index (κ2) is 5.90. The Kier molecular flexibility index (Phi) is 4.34. The van der Waals surface area contributed by atoms with Gasteiger partial charge in [-0.25, -0.2) is 13.4 Å². The van der Waals surface area contributed by atoms with Crippen molar-refractivity contribution in [3.05, 3.63) is 57.4 Å². The number of benzene rings is 1. The number of halogens is 1. The van der Waals surface area contributed by atoms with Gasteiger partial charge in [0.2, 0.25) is 0 Å². The lowest BCUT2D eigenvalue weighted by atomic mass is 10.2. The van der Waals surface area contributed by atoms with Crippen molar-refractivity contribution >= 4 is 33.0 Å². The van der Waals surface area contributed by atoms with E-state index in [-0.39, 0.29) is 21.4 Å². The molecule has 2 aromatic rings. The summed E-state index contributed by atoms with van der Waals surface area (Å²) in [5.41, 5.74) is 0.308. The molecule has 0 aliphatic carbocycles. The van der Waals surface area contributed by atoms with Crippen molar-refractivity contribution in [2.24, 2.45) is 0 Å². The molecule has 0 saturated heterocycles. The molecule has 0 amide bonds. The Morgan fingerprint density at radius 2 is 2.00 bits per heavy atom. The number of hydrogen-bond acceptors (Lipinski definition) is 5. The van der Waals surface area contributed by atoms with E-state index in [1.54, 1.807) is 13.0 Å². The second-order valence-electron chi connectivity index (χ2n) is 4.51. The first kappa shape index (κ1) is 16.2. The monoisotopic (exact) mass is 341 g/mol. The number of rotatable bonds is 4. The second-order valence-corrected chi connectivity index (χ2v) is 6.81. The number of hydrogen-bond donors (Lipinski definition) is 0. The van der Waals surface area contributed by atoms with E-state index in [2.05, 4.69) is 4.98 Å². The molecule has 2 rings (SSSR count). The molecule has 0 N–H and O–H groups in total. The molecule has 0 fully saturated rings. The summed E-state index contributed by atoms with van der Waals surface area (Å²) >= 11 is 5.82. The highest BCUT2D eigenvalue weighted by atomic mass is 35.5. The summed E-state index contributed by atoms with van der Waals surface area (Å²) in [6.45, 7) is 1.68. The SMILES string of the molecule is Cc1ccc(N(C)S(=O)(=O)c2cccnc2Cl)c([N+](=O)[O-])c1. The fourth-order valence-corrected chi connectivity index (χ4v) is 3.52. The predicted octanol–water partition coefficient (Wildman–Crippen LogP) is 2.78. The minimum atomic E-state index is -4.06. The van der Waals surface area contributed by atoms with Crippen molar-refractivity contribution in [3.8, 4) is 0 Å². The van der Waals surface area contributed by atoms with Crippen LogP contribution in [0.25, 0.3) is 0 Å². The average molecular weight is 342 g/mol. The lowest BCUT2D eigenvalue weighted by Crippen LogP contribution is -2.27. The summed E-state index contributed by atoms with van der Waals surface area (Å²) in [5, 5.41) is 11.0. The molecule has 0 bridgehead atoms. The first-order valence-corrected chi connectivity index (χ1v) is 7.91. The van der Waals surface area contributed by atoms with Crippen molar-refractivity contribution in [1.82, 2.24) is 4.98 Å². The molecule has 1 heterocycles. The molecule has 9 heteroatoms. The summed E-state index contributed by atoms with van der Waals surface area (Å²) in [6, 6.07) is 7.01. The van der Waals surface area contributed by atoms with Crippen molar-refractivity contribution in [3.63, 3.8) is 0 Å². The van der Waals surface area contributed by atoms with E-state index in [1.165, 1.54) is 37.5 Å². The molecule has 0 radical (unpaired) electrons. The van der Waals surface area contributed by atoms with Crippen LogP contribution in [0.1, 0.15) is 5.56 Å². The van der Waals surface area contributed by atoms with E-state index >= 15 is 0 Å². The van der Waals surface area contributed by atoms with Gasteiger partial charge in [-0.2, -0.15) is 0 Å². The molecule has 22 heavy (non-hydrogen) atoms. The summed E-state index contributed by atoms with van der Waals surface area (Å²) in [5.74, 6) is 0. The number of pyridine rings is 1. The van der Waals surface area contributed by atoms with Gasteiger partial charge in [-0.1, -0.05) is 17.7 Å². The third kappa shape index (κ3) is 2.88. The summed E-state index contributed by atoms with van der Waals surface area (Å²) in [7, 11) is -2.82. The van der Waals surface area contributed by atoms with E-state index in [0.717, 1.165) is 4.31 Å². The molecule has 1 aromatic carbocycles. The van der Waals surface area contributed by atoms with Crippen LogP contribution in [0.2, 0.25) is 5.15 Å². The van der Waals surface area contributed by atoms with Gasteiger partial charge >= 0.3 is 0 Å². The number of nitro groups is 1. The van der Waals surface area contributed by atoms with Crippen LogP contribution in [-0.4, -0.2) is 25.4 Å². The van der Waals surface area contributed by atoms with Crippen LogP contribution in [0.5, 0.6) is 0 Å². The quantitative estimate of drug-likeness (QED) is 0.484. The van der Waals surface area contributed by atoms with E-state index in [0.29, 0.717) is 5.56 Å².